The lowest BCUT2D eigenvalue weighted by molar-refractivity contribution is -0.0950. The van der Waals surface area contributed by atoms with E-state index >= 15 is 0 Å². The maximum atomic E-state index is 10.7. The van der Waals surface area contributed by atoms with Gasteiger partial charge in [-0.25, -0.2) is 9.97 Å². The number of ether oxygens (including phenoxy) is 1. The summed E-state index contributed by atoms with van der Waals surface area (Å²) in [6.45, 7) is 1.02. The van der Waals surface area contributed by atoms with E-state index in [0.29, 0.717) is 16.9 Å². The molecular formula is C15H17N5O4S. The Balaban J connectivity index is 1.87. The number of fused-ring (bicyclic) bond motifs is 1. The monoisotopic (exact) mass is 363 g/mol. The number of rotatable bonds is 3. The molecule has 1 aliphatic rings. The summed E-state index contributed by atoms with van der Waals surface area (Å²) >= 11 is 1.50. The quantitative estimate of drug-likeness (QED) is 0.515. The first-order valence-corrected chi connectivity index (χ1v) is 8.52. The average molecular weight is 363 g/mol. The van der Waals surface area contributed by atoms with E-state index in [1.54, 1.807) is 0 Å². The van der Waals surface area contributed by atoms with Crippen LogP contribution in [0.2, 0.25) is 0 Å². The Bertz CT molecular complexity index is 910. The van der Waals surface area contributed by atoms with Crippen LogP contribution in [-0.2, 0) is 4.74 Å². The zero-order chi connectivity index (χ0) is 17.8. The van der Waals surface area contributed by atoms with E-state index in [-0.39, 0.29) is 5.95 Å². The highest BCUT2D eigenvalue weighted by molar-refractivity contribution is 7.13. The summed E-state index contributed by atoms with van der Waals surface area (Å²) in [5.74, 6) is 0.0644. The second kappa shape index (κ2) is 5.71. The van der Waals surface area contributed by atoms with Crippen LogP contribution < -0.4 is 5.73 Å². The molecule has 10 heteroatoms. The maximum absolute atomic E-state index is 10.7. The van der Waals surface area contributed by atoms with Crippen LogP contribution in [0.3, 0.4) is 0 Å². The van der Waals surface area contributed by atoms with Crippen molar-refractivity contribution < 1.29 is 20.1 Å². The van der Waals surface area contributed by atoms with Gasteiger partial charge in [0.1, 0.15) is 29.0 Å². The zero-order valence-electron chi connectivity index (χ0n) is 13.3. The van der Waals surface area contributed by atoms with E-state index in [2.05, 4.69) is 15.0 Å². The van der Waals surface area contributed by atoms with E-state index in [1.807, 2.05) is 17.5 Å². The van der Waals surface area contributed by atoms with Crippen LogP contribution in [0.1, 0.15) is 13.2 Å². The molecule has 4 rings (SSSR count). The number of hydrogen-bond acceptors (Lipinski definition) is 9. The lowest BCUT2D eigenvalue weighted by Crippen LogP contribution is -2.44. The van der Waals surface area contributed by atoms with Gasteiger partial charge in [-0.2, -0.15) is 4.98 Å². The zero-order valence-corrected chi connectivity index (χ0v) is 14.1. The third kappa shape index (κ3) is 2.41. The SMILES string of the molecule is C[C@@]1(O)C(O)C(CO)OC1n1cnc2c(-c3cccs3)nc(N)nc21. The highest BCUT2D eigenvalue weighted by atomic mass is 32.1. The molecule has 3 unspecified atom stereocenters. The van der Waals surface area contributed by atoms with Gasteiger partial charge in [-0.05, 0) is 18.4 Å². The van der Waals surface area contributed by atoms with Crippen LogP contribution in [0.15, 0.2) is 23.8 Å². The predicted octanol–water partition coefficient (Wildman–Crippen LogP) is 0.139. The molecule has 132 valence electrons. The van der Waals surface area contributed by atoms with Gasteiger partial charge in [0.05, 0.1) is 17.8 Å². The van der Waals surface area contributed by atoms with Crippen LogP contribution in [-0.4, -0.2) is 59.3 Å². The molecule has 1 saturated heterocycles. The summed E-state index contributed by atoms with van der Waals surface area (Å²) in [6, 6.07) is 3.80. The molecule has 0 saturated carbocycles. The van der Waals surface area contributed by atoms with Crippen LogP contribution in [0.25, 0.3) is 21.7 Å². The Morgan fingerprint density at radius 1 is 1.44 bits per heavy atom. The molecule has 0 amide bonds. The number of nitrogens with two attached hydrogens (primary N) is 1. The minimum absolute atomic E-state index is 0.0644. The van der Waals surface area contributed by atoms with Crippen molar-refractivity contribution in [2.24, 2.45) is 0 Å². The van der Waals surface area contributed by atoms with Gasteiger partial charge in [0, 0.05) is 0 Å². The first kappa shape index (κ1) is 16.4. The van der Waals surface area contributed by atoms with Gasteiger partial charge in [-0.1, -0.05) is 6.07 Å². The lowest BCUT2D eigenvalue weighted by atomic mass is 9.96. The molecule has 0 aromatic carbocycles. The van der Waals surface area contributed by atoms with Crippen LogP contribution >= 0.6 is 11.3 Å². The standard InChI is InChI=1S/C15H17N5O4S/c1-15(23)11(22)7(5-21)24-13(15)20-6-17-10-9(8-3-2-4-25-8)18-14(16)19-12(10)20/h2-4,6-7,11,13,21-23H,5H2,1H3,(H2,16,18,19)/t7?,11?,13?,15-/m1/s1. The fraction of sp³-hybridized carbons (Fsp3) is 0.400. The number of anilines is 1. The summed E-state index contributed by atoms with van der Waals surface area (Å²) in [6.07, 6.45) is -1.68. The molecule has 0 bridgehead atoms. The van der Waals surface area contributed by atoms with Crippen molar-refractivity contribution in [3.63, 3.8) is 0 Å². The van der Waals surface area contributed by atoms with E-state index in [4.69, 9.17) is 10.5 Å². The summed E-state index contributed by atoms with van der Waals surface area (Å²) in [4.78, 5) is 13.7. The molecule has 3 aromatic heterocycles. The Morgan fingerprint density at radius 3 is 2.88 bits per heavy atom. The molecule has 5 N–H and O–H groups in total. The fourth-order valence-electron chi connectivity index (χ4n) is 3.08. The third-order valence-electron chi connectivity index (χ3n) is 4.38. The molecule has 4 heterocycles. The Labute approximate surface area is 146 Å². The molecule has 1 aliphatic heterocycles. The van der Waals surface area contributed by atoms with Crippen molar-refractivity contribution in [1.29, 1.82) is 0 Å². The van der Waals surface area contributed by atoms with Gasteiger partial charge in [-0.3, -0.25) is 4.57 Å². The first-order chi connectivity index (χ1) is 11.9. The molecule has 0 radical (unpaired) electrons. The van der Waals surface area contributed by atoms with Crippen molar-refractivity contribution in [2.45, 2.75) is 31.0 Å². The van der Waals surface area contributed by atoms with E-state index in [9.17, 15) is 15.3 Å². The molecule has 25 heavy (non-hydrogen) atoms. The van der Waals surface area contributed by atoms with E-state index < -0.39 is 30.6 Å². The average Bonchev–Trinajstić information content (AvgIpc) is 3.28. The van der Waals surface area contributed by atoms with Gasteiger partial charge in [0.2, 0.25) is 5.95 Å². The Morgan fingerprint density at radius 2 is 2.24 bits per heavy atom. The van der Waals surface area contributed by atoms with Gasteiger partial charge < -0.3 is 25.8 Å². The van der Waals surface area contributed by atoms with Crippen molar-refractivity contribution in [3.05, 3.63) is 23.8 Å². The van der Waals surface area contributed by atoms with Crippen molar-refractivity contribution in [2.75, 3.05) is 12.3 Å². The summed E-state index contributed by atoms with van der Waals surface area (Å²) < 4.78 is 7.14. The van der Waals surface area contributed by atoms with Crippen LogP contribution in [0.5, 0.6) is 0 Å². The normalized spacial score (nSPS) is 29.5. The second-order valence-electron chi connectivity index (χ2n) is 6.11. The number of aliphatic hydroxyl groups excluding tert-OH is 2. The van der Waals surface area contributed by atoms with Crippen molar-refractivity contribution in [3.8, 4) is 10.6 Å². The molecule has 0 aliphatic carbocycles. The third-order valence-corrected chi connectivity index (χ3v) is 5.26. The van der Waals surface area contributed by atoms with Crippen molar-refractivity contribution >= 4 is 28.4 Å². The fourth-order valence-corrected chi connectivity index (χ4v) is 3.80. The van der Waals surface area contributed by atoms with E-state index in [1.165, 1.54) is 29.2 Å². The maximum Gasteiger partial charge on any atom is 0.222 e. The van der Waals surface area contributed by atoms with Gasteiger partial charge in [0.15, 0.2) is 11.9 Å². The topological polar surface area (TPSA) is 140 Å². The minimum atomic E-state index is -1.64. The number of aliphatic hydroxyl groups is 3. The Kier molecular flexibility index (Phi) is 3.74. The number of hydrogen-bond donors (Lipinski definition) is 4. The van der Waals surface area contributed by atoms with Gasteiger partial charge in [0.25, 0.3) is 0 Å². The highest BCUT2D eigenvalue weighted by Gasteiger charge is 2.53. The van der Waals surface area contributed by atoms with Crippen LogP contribution in [0.4, 0.5) is 5.95 Å². The number of aromatic nitrogens is 4. The second-order valence-corrected chi connectivity index (χ2v) is 7.06. The summed E-state index contributed by atoms with van der Waals surface area (Å²) in [5, 5.41) is 32.1. The first-order valence-electron chi connectivity index (χ1n) is 7.64. The molecule has 3 aromatic rings. The molecule has 0 spiro atoms. The number of nitrogens with zero attached hydrogens (tertiary/aromatic N) is 4. The van der Waals surface area contributed by atoms with Crippen LogP contribution in [0, 0.1) is 0 Å². The lowest BCUT2D eigenvalue weighted by Gasteiger charge is -2.27. The molecule has 1 fully saturated rings. The minimum Gasteiger partial charge on any atom is -0.394 e. The highest BCUT2D eigenvalue weighted by Crippen LogP contribution is 2.40. The van der Waals surface area contributed by atoms with Crippen molar-refractivity contribution in [1.82, 2.24) is 19.5 Å². The largest absolute Gasteiger partial charge is 0.394 e. The Hall–Kier alpha value is -2.11. The molecular weight excluding hydrogens is 346 g/mol. The summed E-state index contributed by atoms with van der Waals surface area (Å²) in [7, 11) is 0. The number of thiophene rings is 1. The molecule has 4 atom stereocenters. The van der Waals surface area contributed by atoms with Gasteiger partial charge in [-0.15, -0.1) is 11.3 Å². The smallest absolute Gasteiger partial charge is 0.222 e. The predicted molar refractivity (Wildman–Crippen MR) is 90.7 cm³/mol. The number of imidazole rings is 1. The van der Waals surface area contributed by atoms with Gasteiger partial charge >= 0.3 is 0 Å². The molecule has 9 nitrogen and oxygen atoms in total. The number of nitrogen functional groups attached to an aromatic ring is 1. The van der Waals surface area contributed by atoms with E-state index in [0.717, 1.165) is 4.88 Å². The summed E-state index contributed by atoms with van der Waals surface area (Å²) in [5.41, 5.74) is 5.70.